The van der Waals surface area contributed by atoms with Crippen molar-refractivity contribution in [3.63, 3.8) is 0 Å². The number of nitrogens with zero attached hydrogens (tertiary/aromatic N) is 4. The Bertz CT molecular complexity index is 681. The maximum atomic E-state index is 12.6. The van der Waals surface area contributed by atoms with Crippen LogP contribution >= 0.6 is 0 Å². The molecule has 2 aliphatic rings. The molecule has 8 heteroatoms. The summed E-state index contributed by atoms with van der Waals surface area (Å²) in [5.74, 6) is -0.303. The normalized spacial score (nSPS) is 21.6. The van der Waals surface area contributed by atoms with Crippen LogP contribution in [0.3, 0.4) is 0 Å². The average Bonchev–Trinajstić information content (AvgIpc) is 2.63. The molecule has 2 saturated heterocycles. The number of carbonyl (C=O) groups excluding carboxylic acids is 2. The van der Waals surface area contributed by atoms with Gasteiger partial charge in [-0.05, 0) is 18.9 Å². The van der Waals surface area contributed by atoms with Gasteiger partial charge in [0.1, 0.15) is 5.69 Å². The molecule has 0 aliphatic carbocycles. The van der Waals surface area contributed by atoms with Gasteiger partial charge >= 0.3 is 0 Å². The SMILES string of the molecule is Cn1nc(C(=O)N2CCC[C@@H](C(=O)N3CCOCC3)C2)ccc1=O. The Hall–Kier alpha value is -2.22. The van der Waals surface area contributed by atoms with Crippen molar-refractivity contribution >= 4 is 11.8 Å². The van der Waals surface area contributed by atoms with Crippen LogP contribution in [0.4, 0.5) is 0 Å². The summed E-state index contributed by atoms with van der Waals surface area (Å²) < 4.78 is 6.43. The molecule has 2 aliphatic heterocycles. The Balaban J connectivity index is 1.68. The number of hydrogen-bond donors (Lipinski definition) is 0. The molecule has 2 amide bonds. The van der Waals surface area contributed by atoms with Gasteiger partial charge in [-0.25, -0.2) is 4.68 Å². The van der Waals surface area contributed by atoms with Gasteiger partial charge in [-0.3, -0.25) is 14.4 Å². The van der Waals surface area contributed by atoms with Gasteiger partial charge in [0.2, 0.25) is 5.91 Å². The number of piperidine rings is 1. The van der Waals surface area contributed by atoms with Crippen LogP contribution in [-0.4, -0.2) is 70.8 Å². The van der Waals surface area contributed by atoms with Gasteiger partial charge in [0, 0.05) is 39.3 Å². The Morgan fingerprint density at radius 3 is 2.62 bits per heavy atom. The lowest BCUT2D eigenvalue weighted by Gasteiger charge is -2.36. The van der Waals surface area contributed by atoms with Crippen LogP contribution in [0.15, 0.2) is 16.9 Å². The largest absolute Gasteiger partial charge is 0.378 e. The molecular formula is C16H22N4O4. The summed E-state index contributed by atoms with van der Waals surface area (Å²) in [4.78, 5) is 40.1. The second kappa shape index (κ2) is 7.12. The Labute approximate surface area is 140 Å². The van der Waals surface area contributed by atoms with E-state index in [4.69, 9.17) is 4.74 Å². The van der Waals surface area contributed by atoms with Crippen molar-refractivity contribution in [1.82, 2.24) is 19.6 Å². The summed E-state index contributed by atoms with van der Waals surface area (Å²) in [6, 6.07) is 2.78. The topological polar surface area (TPSA) is 84.7 Å². The number of morpholine rings is 1. The predicted molar refractivity (Wildman–Crippen MR) is 85.5 cm³/mol. The van der Waals surface area contributed by atoms with Crippen molar-refractivity contribution in [1.29, 1.82) is 0 Å². The maximum Gasteiger partial charge on any atom is 0.274 e. The monoisotopic (exact) mass is 334 g/mol. The van der Waals surface area contributed by atoms with Crippen LogP contribution in [0.5, 0.6) is 0 Å². The molecule has 1 atom stereocenters. The first-order valence-electron chi connectivity index (χ1n) is 8.26. The highest BCUT2D eigenvalue weighted by atomic mass is 16.5. The van der Waals surface area contributed by atoms with E-state index in [0.29, 0.717) is 39.4 Å². The maximum absolute atomic E-state index is 12.6. The lowest BCUT2D eigenvalue weighted by molar-refractivity contribution is -0.141. The third kappa shape index (κ3) is 3.48. The molecule has 0 spiro atoms. The number of rotatable bonds is 2. The number of hydrogen-bond acceptors (Lipinski definition) is 5. The lowest BCUT2D eigenvalue weighted by Crippen LogP contribution is -2.49. The highest BCUT2D eigenvalue weighted by Gasteiger charge is 2.32. The Morgan fingerprint density at radius 1 is 1.17 bits per heavy atom. The van der Waals surface area contributed by atoms with E-state index in [1.165, 1.54) is 19.2 Å². The predicted octanol–water partition coefficient (Wildman–Crippen LogP) is -0.509. The smallest absolute Gasteiger partial charge is 0.274 e. The molecule has 24 heavy (non-hydrogen) atoms. The van der Waals surface area contributed by atoms with E-state index < -0.39 is 0 Å². The van der Waals surface area contributed by atoms with E-state index in [9.17, 15) is 14.4 Å². The molecule has 1 aromatic rings. The third-order valence-electron chi connectivity index (χ3n) is 4.56. The van der Waals surface area contributed by atoms with Gasteiger partial charge in [0.25, 0.3) is 11.5 Å². The number of aromatic nitrogens is 2. The molecule has 1 aromatic heterocycles. The molecule has 0 saturated carbocycles. The molecule has 0 radical (unpaired) electrons. The molecule has 0 bridgehead atoms. The van der Waals surface area contributed by atoms with Gasteiger partial charge in [-0.2, -0.15) is 5.10 Å². The fourth-order valence-electron chi connectivity index (χ4n) is 3.18. The standard InChI is InChI=1S/C16H22N4O4/c1-18-14(21)5-4-13(17-18)16(23)20-6-2-3-12(11-20)15(22)19-7-9-24-10-8-19/h4-5,12H,2-3,6-11H2,1H3/t12-/m1/s1. The summed E-state index contributed by atoms with van der Waals surface area (Å²) in [6.07, 6.45) is 1.58. The van der Waals surface area contributed by atoms with Gasteiger partial charge in [-0.15, -0.1) is 0 Å². The molecule has 8 nitrogen and oxygen atoms in total. The summed E-state index contributed by atoms with van der Waals surface area (Å²) in [7, 11) is 1.51. The van der Waals surface area contributed by atoms with Crippen molar-refractivity contribution in [3.8, 4) is 0 Å². The molecule has 3 heterocycles. The molecule has 0 N–H and O–H groups in total. The first-order valence-corrected chi connectivity index (χ1v) is 8.26. The number of ether oxygens (including phenoxy) is 1. The number of carbonyl (C=O) groups is 2. The van der Waals surface area contributed by atoms with Crippen LogP contribution in [0.2, 0.25) is 0 Å². The fraction of sp³-hybridized carbons (Fsp3) is 0.625. The third-order valence-corrected chi connectivity index (χ3v) is 4.56. The quantitative estimate of drug-likeness (QED) is 0.727. The minimum atomic E-state index is -0.259. The van der Waals surface area contributed by atoms with E-state index >= 15 is 0 Å². The Morgan fingerprint density at radius 2 is 1.92 bits per heavy atom. The second-order valence-corrected chi connectivity index (χ2v) is 6.21. The first kappa shape index (κ1) is 16.6. The zero-order valence-corrected chi connectivity index (χ0v) is 13.8. The van der Waals surface area contributed by atoms with Crippen LogP contribution in [-0.2, 0) is 16.6 Å². The number of aryl methyl sites for hydroxylation is 1. The van der Waals surface area contributed by atoms with Crippen LogP contribution in [0.25, 0.3) is 0 Å². The van der Waals surface area contributed by atoms with Gasteiger partial charge < -0.3 is 14.5 Å². The zero-order chi connectivity index (χ0) is 17.1. The van der Waals surface area contributed by atoms with Gasteiger partial charge in [0.15, 0.2) is 0 Å². The summed E-state index contributed by atoms with van der Waals surface area (Å²) in [5, 5.41) is 4.01. The van der Waals surface area contributed by atoms with Gasteiger partial charge in [0.05, 0.1) is 19.1 Å². The molecular weight excluding hydrogens is 312 g/mol. The summed E-state index contributed by atoms with van der Waals surface area (Å²) >= 11 is 0. The van der Waals surface area contributed by atoms with Crippen LogP contribution < -0.4 is 5.56 Å². The summed E-state index contributed by atoms with van der Waals surface area (Å²) in [6.45, 7) is 3.39. The van der Waals surface area contributed by atoms with Crippen molar-refractivity contribution in [3.05, 3.63) is 28.2 Å². The molecule has 0 aromatic carbocycles. The van der Waals surface area contributed by atoms with Crippen molar-refractivity contribution in [2.45, 2.75) is 12.8 Å². The molecule has 3 rings (SSSR count). The zero-order valence-electron chi connectivity index (χ0n) is 13.8. The van der Waals surface area contributed by atoms with E-state index in [-0.39, 0.29) is 29.0 Å². The van der Waals surface area contributed by atoms with Crippen molar-refractivity contribution < 1.29 is 14.3 Å². The highest BCUT2D eigenvalue weighted by Crippen LogP contribution is 2.20. The minimum Gasteiger partial charge on any atom is -0.378 e. The van der Waals surface area contributed by atoms with E-state index in [1.54, 1.807) is 4.90 Å². The van der Waals surface area contributed by atoms with E-state index in [1.807, 2.05) is 4.90 Å². The van der Waals surface area contributed by atoms with Crippen molar-refractivity contribution in [2.75, 3.05) is 39.4 Å². The highest BCUT2D eigenvalue weighted by molar-refractivity contribution is 5.92. The fourth-order valence-corrected chi connectivity index (χ4v) is 3.18. The second-order valence-electron chi connectivity index (χ2n) is 6.21. The molecule has 0 unspecified atom stereocenters. The van der Waals surface area contributed by atoms with Gasteiger partial charge in [-0.1, -0.05) is 0 Å². The van der Waals surface area contributed by atoms with E-state index in [2.05, 4.69) is 5.10 Å². The minimum absolute atomic E-state index is 0.101. The Kier molecular flexibility index (Phi) is 4.94. The lowest BCUT2D eigenvalue weighted by atomic mass is 9.96. The van der Waals surface area contributed by atoms with Crippen LogP contribution in [0.1, 0.15) is 23.3 Å². The van der Waals surface area contributed by atoms with E-state index in [0.717, 1.165) is 17.5 Å². The van der Waals surface area contributed by atoms with Crippen molar-refractivity contribution in [2.24, 2.45) is 13.0 Å². The number of amides is 2. The first-order chi connectivity index (χ1) is 11.6. The molecule has 2 fully saturated rings. The molecule has 130 valence electrons. The summed E-state index contributed by atoms with van der Waals surface area (Å²) in [5.41, 5.74) is -0.0258. The number of likely N-dealkylation sites (tertiary alicyclic amines) is 1. The average molecular weight is 334 g/mol. The van der Waals surface area contributed by atoms with Crippen LogP contribution in [0, 0.1) is 5.92 Å².